The number of amides is 1. The second kappa shape index (κ2) is 5.49. The predicted molar refractivity (Wildman–Crippen MR) is 77.4 cm³/mol. The van der Waals surface area contributed by atoms with Crippen LogP contribution < -0.4 is 20.5 Å². The molecule has 1 aliphatic heterocycles. The van der Waals surface area contributed by atoms with Crippen LogP contribution in [0.2, 0.25) is 5.15 Å². The lowest BCUT2D eigenvalue weighted by atomic mass is 10.2. The third-order valence-corrected chi connectivity index (χ3v) is 3.24. The van der Waals surface area contributed by atoms with Crippen LogP contribution in [0.4, 0.5) is 5.69 Å². The summed E-state index contributed by atoms with van der Waals surface area (Å²) in [6, 6.07) is 6.93. The summed E-state index contributed by atoms with van der Waals surface area (Å²) in [5, 5.41) is 2.99. The molecule has 0 unspecified atom stereocenters. The fourth-order valence-electron chi connectivity index (χ4n) is 1.97. The maximum Gasteiger partial charge on any atom is 0.253 e. The van der Waals surface area contributed by atoms with Crippen LogP contribution in [0.15, 0.2) is 30.5 Å². The average Bonchev–Trinajstić information content (AvgIpc) is 2.94. The molecule has 2 aromatic rings. The highest BCUT2D eigenvalue weighted by Crippen LogP contribution is 2.32. The van der Waals surface area contributed by atoms with E-state index in [2.05, 4.69) is 10.3 Å². The summed E-state index contributed by atoms with van der Waals surface area (Å²) in [6.07, 6.45) is 1.36. The Morgan fingerprint density at radius 2 is 2.14 bits per heavy atom. The molecule has 0 atom stereocenters. The molecule has 0 saturated heterocycles. The van der Waals surface area contributed by atoms with Gasteiger partial charge in [0.25, 0.3) is 5.91 Å². The summed E-state index contributed by atoms with van der Waals surface area (Å²) in [4.78, 5) is 15.9. The van der Waals surface area contributed by atoms with Crippen molar-refractivity contribution in [3.05, 3.63) is 46.7 Å². The normalized spacial score (nSPS) is 12.2. The zero-order valence-corrected chi connectivity index (χ0v) is 11.7. The number of anilines is 1. The van der Waals surface area contributed by atoms with E-state index >= 15 is 0 Å². The number of halogens is 1. The van der Waals surface area contributed by atoms with Gasteiger partial charge in [-0.15, -0.1) is 0 Å². The third-order valence-electron chi connectivity index (χ3n) is 3.04. The van der Waals surface area contributed by atoms with Gasteiger partial charge in [-0.05, 0) is 23.8 Å². The average molecular weight is 306 g/mol. The zero-order valence-electron chi connectivity index (χ0n) is 10.9. The van der Waals surface area contributed by atoms with Gasteiger partial charge in [0.05, 0.1) is 17.4 Å². The van der Waals surface area contributed by atoms with Crippen LogP contribution in [-0.4, -0.2) is 17.7 Å². The molecule has 7 heteroatoms. The molecule has 6 nitrogen and oxygen atoms in total. The summed E-state index contributed by atoms with van der Waals surface area (Å²) in [7, 11) is 0. The molecule has 0 bridgehead atoms. The Morgan fingerprint density at radius 3 is 3.00 bits per heavy atom. The second-order valence-electron chi connectivity index (χ2n) is 4.46. The SMILES string of the molecule is Nc1cnc(Cl)cc1C(=O)NCc1ccc2c(c1)OCO2. The van der Waals surface area contributed by atoms with Crippen molar-refractivity contribution in [2.45, 2.75) is 6.54 Å². The lowest BCUT2D eigenvalue weighted by Crippen LogP contribution is -2.23. The van der Waals surface area contributed by atoms with E-state index in [0.29, 0.717) is 23.6 Å². The number of nitrogens with two attached hydrogens (primary N) is 1. The van der Waals surface area contributed by atoms with E-state index in [4.69, 9.17) is 26.8 Å². The third kappa shape index (κ3) is 2.85. The van der Waals surface area contributed by atoms with Gasteiger partial charge in [0.2, 0.25) is 6.79 Å². The van der Waals surface area contributed by atoms with E-state index in [0.717, 1.165) is 5.56 Å². The summed E-state index contributed by atoms with van der Waals surface area (Å²) in [5.41, 5.74) is 7.19. The van der Waals surface area contributed by atoms with E-state index in [1.54, 1.807) is 0 Å². The minimum atomic E-state index is -0.311. The molecular weight excluding hydrogens is 294 g/mol. The zero-order chi connectivity index (χ0) is 14.8. The molecule has 21 heavy (non-hydrogen) atoms. The fraction of sp³-hybridized carbons (Fsp3) is 0.143. The number of pyridine rings is 1. The maximum absolute atomic E-state index is 12.1. The van der Waals surface area contributed by atoms with Crippen LogP contribution >= 0.6 is 11.6 Å². The van der Waals surface area contributed by atoms with Crippen LogP contribution in [0.3, 0.4) is 0 Å². The molecular formula is C14H12ClN3O3. The Balaban J connectivity index is 1.70. The van der Waals surface area contributed by atoms with Crippen molar-refractivity contribution >= 4 is 23.2 Å². The van der Waals surface area contributed by atoms with Gasteiger partial charge < -0.3 is 20.5 Å². The van der Waals surface area contributed by atoms with E-state index in [1.165, 1.54) is 12.3 Å². The molecule has 0 aliphatic carbocycles. The number of nitrogens with zero attached hydrogens (tertiary/aromatic N) is 1. The molecule has 0 spiro atoms. The molecule has 0 fully saturated rings. The number of aromatic nitrogens is 1. The van der Waals surface area contributed by atoms with Crippen molar-refractivity contribution in [2.75, 3.05) is 12.5 Å². The van der Waals surface area contributed by atoms with E-state index in [-0.39, 0.29) is 23.5 Å². The molecule has 1 amide bonds. The number of nitrogen functional groups attached to an aromatic ring is 1. The van der Waals surface area contributed by atoms with Gasteiger partial charge in [-0.1, -0.05) is 17.7 Å². The lowest BCUT2D eigenvalue weighted by Gasteiger charge is -2.08. The molecule has 3 rings (SSSR count). The standard InChI is InChI=1S/C14H12ClN3O3/c15-13-4-9(10(16)6-17-13)14(19)18-5-8-1-2-11-12(3-8)21-7-20-11/h1-4,6H,5,7,16H2,(H,18,19). The smallest absolute Gasteiger partial charge is 0.253 e. The van der Waals surface area contributed by atoms with Gasteiger partial charge in [-0.3, -0.25) is 4.79 Å². The summed E-state index contributed by atoms with van der Waals surface area (Å²) < 4.78 is 10.5. The van der Waals surface area contributed by atoms with E-state index in [9.17, 15) is 4.79 Å². The topological polar surface area (TPSA) is 86.5 Å². The fourth-order valence-corrected chi connectivity index (χ4v) is 2.12. The van der Waals surface area contributed by atoms with Crippen molar-refractivity contribution in [2.24, 2.45) is 0 Å². The minimum absolute atomic E-state index is 0.219. The van der Waals surface area contributed by atoms with Gasteiger partial charge in [-0.2, -0.15) is 0 Å². The Labute approximate surface area is 125 Å². The Hall–Kier alpha value is -2.47. The van der Waals surface area contributed by atoms with Crippen LogP contribution in [0.5, 0.6) is 11.5 Å². The van der Waals surface area contributed by atoms with Crippen LogP contribution in [0.25, 0.3) is 0 Å². The lowest BCUT2D eigenvalue weighted by molar-refractivity contribution is 0.0951. The number of rotatable bonds is 3. The molecule has 1 aromatic heterocycles. The molecule has 0 saturated carbocycles. The van der Waals surface area contributed by atoms with Crippen molar-refractivity contribution in [1.29, 1.82) is 0 Å². The van der Waals surface area contributed by atoms with Gasteiger partial charge in [0, 0.05) is 6.54 Å². The largest absolute Gasteiger partial charge is 0.454 e. The number of hydrogen-bond acceptors (Lipinski definition) is 5. The monoisotopic (exact) mass is 305 g/mol. The first-order valence-electron chi connectivity index (χ1n) is 6.21. The van der Waals surface area contributed by atoms with E-state index < -0.39 is 0 Å². The number of ether oxygens (including phenoxy) is 2. The van der Waals surface area contributed by atoms with Crippen LogP contribution in [0.1, 0.15) is 15.9 Å². The van der Waals surface area contributed by atoms with Crippen molar-refractivity contribution < 1.29 is 14.3 Å². The van der Waals surface area contributed by atoms with Crippen LogP contribution in [-0.2, 0) is 6.54 Å². The highest BCUT2D eigenvalue weighted by atomic mass is 35.5. The Kier molecular flexibility index (Phi) is 3.53. The second-order valence-corrected chi connectivity index (χ2v) is 4.85. The van der Waals surface area contributed by atoms with Gasteiger partial charge in [0.1, 0.15) is 5.15 Å². The molecule has 108 valence electrons. The number of fused-ring (bicyclic) bond motifs is 1. The first-order valence-corrected chi connectivity index (χ1v) is 6.59. The number of nitrogens with one attached hydrogen (secondary N) is 1. The number of carbonyl (C=O) groups is 1. The number of hydrogen-bond donors (Lipinski definition) is 2. The Morgan fingerprint density at radius 1 is 1.33 bits per heavy atom. The quantitative estimate of drug-likeness (QED) is 0.847. The highest BCUT2D eigenvalue weighted by Gasteiger charge is 2.14. The molecule has 1 aromatic carbocycles. The minimum Gasteiger partial charge on any atom is -0.454 e. The summed E-state index contributed by atoms with van der Waals surface area (Å²) in [5.74, 6) is 1.07. The van der Waals surface area contributed by atoms with Gasteiger partial charge in [0.15, 0.2) is 11.5 Å². The molecule has 1 aliphatic rings. The molecule has 0 radical (unpaired) electrons. The highest BCUT2D eigenvalue weighted by molar-refractivity contribution is 6.29. The van der Waals surface area contributed by atoms with Crippen molar-refractivity contribution in [3.63, 3.8) is 0 Å². The maximum atomic E-state index is 12.1. The summed E-state index contributed by atoms with van der Waals surface area (Å²) in [6.45, 7) is 0.562. The van der Waals surface area contributed by atoms with Crippen molar-refractivity contribution in [3.8, 4) is 11.5 Å². The predicted octanol–water partition coefficient (Wildman–Crippen LogP) is 1.98. The number of carbonyl (C=O) groups excluding carboxylic acids is 1. The van der Waals surface area contributed by atoms with Crippen molar-refractivity contribution in [1.82, 2.24) is 10.3 Å². The van der Waals surface area contributed by atoms with Gasteiger partial charge in [-0.25, -0.2) is 4.98 Å². The molecule has 2 heterocycles. The van der Waals surface area contributed by atoms with Gasteiger partial charge >= 0.3 is 0 Å². The first-order chi connectivity index (χ1) is 10.1. The van der Waals surface area contributed by atoms with Crippen LogP contribution in [0, 0.1) is 0 Å². The first kappa shape index (κ1) is 13.5. The summed E-state index contributed by atoms with van der Waals surface area (Å²) >= 11 is 5.76. The number of benzene rings is 1. The Bertz CT molecular complexity index is 706. The molecule has 3 N–H and O–H groups in total. The van der Waals surface area contributed by atoms with E-state index in [1.807, 2.05) is 18.2 Å².